The van der Waals surface area contributed by atoms with Gasteiger partial charge in [-0.25, -0.2) is 5.10 Å². The number of rotatable bonds is 6. The third-order valence-corrected chi connectivity index (χ3v) is 3.07. The molecular formula is C16H19N3O3. The number of carbonyl (C=O) groups is 1. The summed E-state index contributed by atoms with van der Waals surface area (Å²) in [4.78, 5) is 22.8. The van der Waals surface area contributed by atoms with Crippen LogP contribution in [0.5, 0.6) is 0 Å². The van der Waals surface area contributed by atoms with E-state index in [2.05, 4.69) is 15.5 Å². The van der Waals surface area contributed by atoms with Gasteiger partial charge in [-0.15, -0.1) is 0 Å². The standard InChI is InChI=1S/C16H19N3O3/c1-3-22-11(2)10-16(21)17-13-6-4-12(5-7-13)14-8-9-15(20)19-18-14/h4-9,11H,3,10H2,1-2H3,(H,17,21)(H,19,20). The number of hydrogen-bond donors (Lipinski definition) is 2. The fourth-order valence-electron chi connectivity index (χ4n) is 2.05. The second kappa shape index (κ2) is 7.51. The molecular weight excluding hydrogens is 282 g/mol. The lowest BCUT2D eigenvalue weighted by molar-refractivity contribution is -0.118. The first-order valence-corrected chi connectivity index (χ1v) is 7.16. The number of hydrogen-bond acceptors (Lipinski definition) is 4. The van der Waals surface area contributed by atoms with E-state index in [1.165, 1.54) is 6.07 Å². The summed E-state index contributed by atoms with van der Waals surface area (Å²) in [7, 11) is 0. The molecule has 0 radical (unpaired) electrons. The smallest absolute Gasteiger partial charge is 0.264 e. The second-order valence-electron chi connectivity index (χ2n) is 4.90. The molecule has 6 heteroatoms. The van der Waals surface area contributed by atoms with E-state index in [4.69, 9.17) is 4.74 Å². The first kappa shape index (κ1) is 15.9. The molecule has 2 aromatic rings. The van der Waals surface area contributed by atoms with Gasteiger partial charge in [0.05, 0.1) is 18.2 Å². The highest BCUT2D eigenvalue weighted by molar-refractivity contribution is 5.91. The van der Waals surface area contributed by atoms with Gasteiger partial charge in [0, 0.05) is 23.9 Å². The number of benzene rings is 1. The molecule has 1 aromatic carbocycles. The SMILES string of the molecule is CCOC(C)CC(=O)Nc1ccc(-c2ccc(=O)[nH]n2)cc1. The molecule has 0 aliphatic heterocycles. The van der Waals surface area contributed by atoms with Gasteiger partial charge in [0.2, 0.25) is 5.91 Å². The van der Waals surface area contributed by atoms with Crippen molar-refractivity contribution in [2.45, 2.75) is 26.4 Å². The Hall–Kier alpha value is -2.47. The minimum absolute atomic E-state index is 0.0872. The number of carbonyl (C=O) groups excluding carboxylic acids is 1. The molecule has 0 spiro atoms. The van der Waals surface area contributed by atoms with Crippen LogP contribution in [-0.4, -0.2) is 28.8 Å². The van der Waals surface area contributed by atoms with Gasteiger partial charge in [-0.05, 0) is 32.0 Å². The van der Waals surface area contributed by atoms with Crippen molar-refractivity contribution in [1.29, 1.82) is 0 Å². The molecule has 2 N–H and O–H groups in total. The van der Waals surface area contributed by atoms with Crippen LogP contribution in [0.4, 0.5) is 5.69 Å². The minimum Gasteiger partial charge on any atom is -0.378 e. The van der Waals surface area contributed by atoms with Crippen molar-refractivity contribution in [3.8, 4) is 11.3 Å². The molecule has 6 nitrogen and oxygen atoms in total. The van der Waals surface area contributed by atoms with Gasteiger partial charge in [-0.1, -0.05) is 12.1 Å². The van der Waals surface area contributed by atoms with Crippen molar-refractivity contribution >= 4 is 11.6 Å². The number of amides is 1. The summed E-state index contributed by atoms with van der Waals surface area (Å²) in [6.07, 6.45) is 0.214. The topological polar surface area (TPSA) is 84.1 Å². The maximum atomic E-state index is 11.8. The van der Waals surface area contributed by atoms with Crippen LogP contribution in [-0.2, 0) is 9.53 Å². The predicted octanol–water partition coefficient (Wildman–Crippen LogP) is 2.19. The van der Waals surface area contributed by atoms with Gasteiger partial charge in [-0.2, -0.15) is 5.10 Å². The summed E-state index contributed by atoms with van der Waals surface area (Å²) in [6.45, 7) is 4.36. The average molecular weight is 301 g/mol. The first-order valence-electron chi connectivity index (χ1n) is 7.16. The fraction of sp³-hybridized carbons (Fsp3) is 0.312. The minimum atomic E-state index is -0.240. The van der Waals surface area contributed by atoms with Gasteiger partial charge in [0.25, 0.3) is 5.56 Å². The molecule has 1 amide bonds. The van der Waals surface area contributed by atoms with Crippen LogP contribution < -0.4 is 10.9 Å². The second-order valence-corrected chi connectivity index (χ2v) is 4.90. The normalized spacial score (nSPS) is 11.9. The Bertz CT molecular complexity index is 659. The number of H-pyrrole nitrogens is 1. The fourth-order valence-corrected chi connectivity index (χ4v) is 2.05. The van der Waals surface area contributed by atoms with E-state index in [-0.39, 0.29) is 17.6 Å². The van der Waals surface area contributed by atoms with Crippen LogP contribution in [0.3, 0.4) is 0 Å². The predicted molar refractivity (Wildman–Crippen MR) is 84.6 cm³/mol. The van der Waals surface area contributed by atoms with E-state index in [9.17, 15) is 9.59 Å². The van der Waals surface area contributed by atoms with Crippen LogP contribution in [0.1, 0.15) is 20.3 Å². The number of nitrogens with zero attached hydrogens (tertiary/aromatic N) is 1. The first-order chi connectivity index (χ1) is 10.6. The van der Waals surface area contributed by atoms with Gasteiger partial charge >= 0.3 is 0 Å². The maximum Gasteiger partial charge on any atom is 0.264 e. The summed E-state index contributed by atoms with van der Waals surface area (Å²) >= 11 is 0. The molecule has 0 saturated heterocycles. The highest BCUT2D eigenvalue weighted by Gasteiger charge is 2.09. The number of nitrogens with one attached hydrogen (secondary N) is 2. The summed E-state index contributed by atoms with van der Waals surface area (Å²) < 4.78 is 5.34. The number of anilines is 1. The van der Waals surface area contributed by atoms with E-state index in [1.807, 2.05) is 26.0 Å². The Kier molecular flexibility index (Phi) is 5.43. The van der Waals surface area contributed by atoms with E-state index < -0.39 is 0 Å². The molecule has 0 aliphatic rings. The van der Waals surface area contributed by atoms with Gasteiger partial charge < -0.3 is 10.1 Å². The zero-order chi connectivity index (χ0) is 15.9. The lowest BCUT2D eigenvalue weighted by Crippen LogP contribution is -2.20. The van der Waals surface area contributed by atoms with E-state index >= 15 is 0 Å². The largest absolute Gasteiger partial charge is 0.378 e. The molecule has 1 atom stereocenters. The number of aromatic amines is 1. The molecule has 0 bridgehead atoms. The van der Waals surface area contributed by atoms with Crippen LogP contribution >= 0.6 is 0 Å². The lowest BCUT2D eigenvalue weighted by atomic mass is 10.1. The Morgan fingerprint density at radius 1 is 1.27 bits per heavy atom. The Labute approximate surface area is 128 Å². The van der Waals surface area contributed by atoms with Crippen molar-refractivity contribution < 1.29 is 9.53 Å². The molecule has 1 aromatic heterocycles. The summed E-state index contributed by atoms with van der Waals surface area (Å²) in [5.74, 6) is -0.0872. The van der Waals surface area contributed by atoms with Crippen LogP contribution in [0.2, 0.25) is 0 Å². The zero-order valence-corrected chi connectivity index (χ0v) is 12.6. The number of aromatic nitrogens is 2. The Morgan fingerprint density at radius 3 is 2.59 bits per heavy atom. The van der Waals surface area contributed by atoms with Gasteiger partial charge in [-0.3, -0.25) is 9.59 Å². The molecule has 1 heterocycles. The van der Waals surface area contributed by atoms with Crippen molar-refractivity contribution in [2.75, 3.05) is 11.9 Å². The summed E-state index contributed by atoms with van der Waals surface area (Å²) in [5.41, 5.74) is 2.00. The molecule has 116 valence electrons. The summed E-state index contributed by atoms with van der Waals surface area (Å²) in [6, 6.07) is 10.3. The highest BCUT2D eigenvalue weighted by atomic mass is 16.5. The van der Waals surface area contributed by atoms with Crippen molar-refractivity contribution in [3.63, 3.8) is 0 Å². The molecule has 0 fully saturated rings. The Balaban J connectivity index is 1.98. The van der Waals surface area contributed by atoms with Gasteiger partial charge in [0.15, 0.2) is 0 Å². The average Bonchev–Trinajstić information content (AvgIpc) is 2.49. The maximum absolute atomic E-state index is 11.8. The van der Waals surface area contributed by atoms with Crippen molar-refractivity contribution in [3.05, 3.63) is 46.8 Å². The monoisotopic (exact) mass is 301 g/mol. The zero-order valence-electron chi connectivity index (χ0n) is 12.6. The highest BCUT2D eigenvalue weighted by Crippen LogP contribution is 2.18. The molecule has 2 rings (SSSR count). The molecule has 0 saturated carbocycles. The third kappa shape index (κ3) is 4.53. The van der Waals surface area contributed by atoms with Crippen LogP contribution in [0, 0.1) is 0 Å². The van der Waals surface area contributed by atoms with E-state index in [0.29, 0.717) is 24.4 Å². The van der Waals surface area contributed by atoms with E-state index in [0.717, 1.165) is 5.56 Å². The molecule has 22 heavy (non-hydrogen) atoms. The quantitative estimate of drug-likeness (QED) is 0.856. The number of ether oxygens (including phenoxy) is 1. The Morgan fingerprint density at radius 2 is 2.00 bits per heavy atom. The summed E-state index contributed by atoms with van der Waals surface area (Å²) in [5, 5.41) is 9.17. The van der Waals surface area contributed by atoms with Crippen LogP contribution in [0.15, 0.2) is 41.2 Å². The van der Waals surface area contributed by atoms with Crippen LogP contribution in [0.25, 0.3) is 11.3 Å². The van der Waals surface area contributed by atoms with E-state index in [1.54, 1.807) is 18.2 Å². The third-order valence-electron chi connectivity index (χ3n) is 3.07. The van der Waals surface area contributed by atoms with Gasteiger partial charge in [0.1, 0.15) is 0 Å². The van der Waals surface area contributed by atoms with Crippen molar-refractivity contribution in [2.24, 2.45) is 0 Å². The molecule has 1 unspecified atom stereocenters. The molecule has 0 aliphatic carbocycles. The lowest BCUT2D eigenvalue weighted by Gasteiger charge is -2.11. The van der Waals surface area contributed by atoms with Crippen molar-refractivity contribution in [1.82, 2.24) is 10.2 Å².